The molecule has 2 aromatic rings. The molecule has 1 aromatic heterocycles. The van der Waals surface area contributed by atoms with Crippen LogP contribution >= 0.6 is 23.2 Å². The lowest BCUT2D eigenvalue weighted by molar-refractivity contribution is -0.121. The van der Waals surface area contributed by atoms with Gasteiger partial charge in [-0.15, -0.1) is 0 Å². The van der Waals surface area contributed by atoms with Crippen molar-refractivity contribution >= 4 is 45.1 Å². The Labute approximate surface area is 159 Å². The molecule has 1 aliphatic rings. The van der Waals surface area contributed by atoms with Gasteiger partial charge in [0.15, 0.2) is 0 Å². The fraction of sp³-hybridized carbons (Fsp3) is 0.250. The second-order valence-corrected chi connectivity index (χ2v) is 8.21. The molecule has 1 saturated carbocycles. The molecule has 1 aliphatic carbocycles. The number of benzene rings is 1. The van der Waals surface area contributed by atoms with E-state index in [0.717, 1.165) is 19.2 Å². The number of ether oxygens (including phenoxy) is 1. The molecule has 10 heteroatoms. The van der Waals surface area contributed by atoms with Crippen molar-refractivity contribution in [2.24, 2.45) is 0 Å². The highest BCUT2D eigenvalue weighted by Gasteiger charge is 2.53. The molecule has 1 heterocycles. The SMILES string of the molecule is COC(=O)c1ccc(S(=O)(=O)NC(=O)C2(c3ccc(Cl)cc3Cl)CC2)o1. The Morgan fingerprint density at radius 3 is 2.46 bits per heavy atom. The molecule has 0 aliphatic heterocycles. The molecule has 1 amide bonds. The third kappa shape index (κ3) is 3.32. The summed E-state index contributed by atoms with van der Waals surface area (Å²) in [5.74, 6) is -1.84. The molecule has 138 valence electrons. The number of esters is 1. The maximum Gasteiger partial charge on any atom is 0.374 e. The van der Waals surface area contributed by atoms with Gasteiger partial charge in [0.05, 0.1) is 12.5 Å². The Morgan fingerprint density at radius 2 is 1.88 bits per heavy atom. The van der Waals surface area contributed by atoms with Crippen molar-refractivity contribution in [2.75, 3.05) is 7.11 Å². The summed E-state index contributed by atoms with van der Waals surface area (Å²) in [6.07, 6.45) is 0.891. The molecular weight excluding hydrogens is 405 g/mol. The smallest absolute Gasteiger partial charge is 0.374 e. The Morgan fingerprint density at radius 1 is 1.19 bits per heavy atom. The van der Waals surface area contributed by atoms with Crippen LogP contribution in [0.25, 0.3) is 0 Å². The number of halogens is 2. The predicted octanol–water partition coefficient (Wildman–Crippen LogP) is 2.91. The minimum absolute atomic E-state index is 0.286. The number of rotatable bonds is 5. The molecular formula is C16H13Cl2NO6S. The minimum Gasteiger partial charge on any atom is -0.463 e. The Balaban J connectivity index is 1.85. The zero-order valence-corrected chi connectivity index (χ0v) is 15.7. The maximum absolute atomic E-state index is 12.6. The van der Waals surface area contributed by atoms with Gasteiger partial charge in [0.2, 0.25) is 16.8 Å². The summed E-state index contributed by atoms with van der Waals surface area (Å²) in [7, 11) is -3.16. The van der Waals surface area contributed by atoms with E-state index < -0.39 is 32.4 Å². The van der Waals surface area contributed by atoms with E-state index in [2.05, 4.69) is 4.74 Å². The summed E-state index contributed by atoms with van der Waals surface area (Å²) >= 11 is 12.0. The standard InChI is InChI=1S/C16H13Cl2NO6S/c1-24-14(20)12-4-5-13(25-12)26(22,23)19-15(21)16(6-7-16)10-3-2-9(17)8-11(10)18/h2-5,8H,6-7H2,1H3,(H,19,21). The molecule has 3 rings (SSSR count). The monoisotopic (exact) mass is 417 g/mol. The summed E-state index contributed by atoms with van der Waals surface area (Å²) in [5, 5.41) is 0.131. The van der Waals surface area contributed by atoms with Gasteiger partial charge in [0, 0.05) is 10.0 Å². The van der Waals surface area contributed by atoms with Crippen molar-refractivity contribution in [1.29, 1.82) is 0 Å². The average Bonchev–Trinajstić information content (AvgIpc) is 3.21. The van der Waals surface area contributed by atoms with E-state index in [1.54, 1.807) is 12.1 Å². The maximum atomic E-state index is 12.6. The molecule has 0 bridgehead atoms. The van der Waals surface area contributed by atoms with Gasteiger partial charge in [-0.2, -0.15) is 8.42 Å². The molecule has 0 unspecified atom stereocenters. The first-order valence-electron chi connectivity index (χ1n) is 7.40. The molecule has 1 aromatic carbocycles. The average molecular weight is 418 g/mol. The van der Waals surface area contributed by atoms with Crippen LogP contribution in [0.15, 0.2) is 39.8 Å². The number of amides is 1. The topological polar surface area (TPSA) is 103 Å². The molecule has 1 N–H and O–H groups in total. The predicted molar refractivity (Wildman–Crippen MR) is 92.8 cm³/mol. The Bertz CT molecular complexity index is 994. The van der Waals surface area contributed by atoms with Crippen LogP contribution in [0.4, 0.5) is 0 Å². The summed E-state index contributed by atoms with van der Waals surface area (Å²) < 4.78 is 36.1. The van der Waals surface area contributed by atoms with Crippen LogP contribution < -0.4 is 4.72 Å². The largest absolute Gasteiger partial charge is 0.463 e. The van der Waals surface area contributed by atoms with Gasteiger partial charge in [-0.1, -0.05) is 29.3 Å². The summed E-state index contributed by atoms with van der Waals surface area (Å²) in [6, 6.07) is 6.89. The number of nitrogens with one attached hydrogen (secondary N) is 1. The highest BCUT2D eigenvalue weighted by molar-refractivity contribution is 7.89. The number of carbonyl (C=O) groups is 2. The Hall–Kier alpha value is -2.03. The summed E-state index contributed by atoms with van der Waals surface area (Å²) in [4.78, 5) is 24.0. The first-order valence-corrected chi connectivity index (χ1v) is 9.64. The Kier molecular flexibility index (Phi) is 4.76. The van der Waals surface area contributed by atoms with Crippen molar-refractivity contribution in [1.82, 2.24) is 4.72 Å². The quantitative estimate of drug-likeness (QED) is 0.750. The number of methoxy groups -OCH3 is 1. The van der Waals surface area contributed by atoms with Crippen LogP contribution in [0.2, 0.25) is 10.0 Å². The zero-order valence-electron chi connectivity index (χ0n) is 13.4. The number of furan rings is 1. The van der Waals surface area contributed by atoms with Gasteiger partial charge in [-0.25, -0.2) is 9.52 Å². The van der Waals surface area contributed by atoms with E-state index in [4.69, 9.17) is 27.6 Å². The van der Waals surface area contributed by atoms with Crippen LogP contribution in [0.1, 0.15) is 29.0 Å². The molecule has 0 atom stereocenters. The molecule has 1 fully saturated rings. The minimum atomic E-state index is -4.30. The number of sulfonamides is 1. The molecule has 0 radical (unpaired) electrons. The fourth-order valence-electron chi connectivity index (χ4n) is 2.57. The van der Waals surface area contributed by atoms with Gasteiger partial charge in [0.1, 0.15) is 0 Å². The van der Waals surface area contributed by atoms with Gasteiger partial charge in [0.25, 0.3) is 10.0 Å². The van der Waals surface area contributed by atoms with Crippen molar-refractivity contribution in [3.63, 3.8) is 0 Å². The first-order chi connectivity index (χ1) is 12.2. The van der Waals surface area contributed by atoms with Crippen LogP contribution in [-0.2, 0) is 25.0 Å². The van der Waals surface area contributed by atoms with Gasteiger partial charge >= 0.3 is 5.97 Å². The van der Waals surface area contributed by atoms with Crippen LogP contribution in [0, 0.1) is 0 Å². The second kappa shape index (κ2) is 6.61. The van der Waals surface area contributed by atoms with Crippen molar-refractivity contribution in [3.8, 4) is 0 Å². The van der Waals surface area contributed by atoms with E-state index in [-0.39, 0.29) is 10.8 Å². The van der Waals surface area contributed by atoms with Crippen molar-refractivity contribution in [3.05, 3.63) is 51.7 Å². The summed E-state index contributed by atoms with van der Waals surface area (Å²) in [5.41, 5.74) is -0.530. The van der Waals surface area contributed by atoms with Crippen molar-refractivity contribution < 1.29 is 27.2 Å². The van der Waals surface area contributed by atoms with Crippen molar-refractivity contribution in [2.45, 2.75) is 23.3 Å². The van der Waals surface area contributed by atoms with Crippen LogP contribution in [0.3, 0.4) is 0 Å². The molecule has 0 saturated heterocycles. The number of carbonyl (C=O) groups excluding carboxylic acids is 2. The first kappa shape index (κ1) is 18.8. The van der Waals surface area contributed by atoms with E-state index in [9.17, 15) is 18.0 Å². The molecule has 0 spiro atoms. The third-order valence-electron chi connectivity index (χ3n) is 4.09. The lowest BCUT2D eigenvalue weighted by Crippen LogP contribution is -2.38. The van der Waals surface area contributed by atoms with E-state index in [1.165, 1.54) is 6.07 Å². The summed E-state index contributed by atoms with van der Waals surface area (Å²) in [6.45, 7) is 0. The number of hydrogen-bond donors (Lipinski definition) is 1. The zero-order chi connectivity index (χ0) is 19.1. The number of hydrogen-bond acceptors (Lipinski definition) is 6. The fourth-order valence-corrected chi connectivity index (χ4v) is 4.14. The van der Waals surface area contributed by atoms with Gasteiger partial charge < -0.3 is 9.15 Å². The lowest BCUT2D eigenvalue weighted by Gasteiger charge is -2.16. The third-order valence-corrected chi connectivity index (χ3v) is 5.84. The van der Waals surface area contributed by atoms with Crippen LogP contribution in [0.5, 0.6) is 0 Å². The second-order valence-electron chi connectivity index (χ2n) is 5.75. The molecule has 26 heavy (non-hydrogen) atoms. The van der Waals surface area contributed by atoms with E-state index in [0.29, 0.717) is 23.4 Å². The van der Waals surface area contributed by atoms with Crippen LogP contribution in [-0.4, -0.2) is 27.4 Å². The molecule has 7 nitrogen and oxygen atoms in total. The van der Waals surface area contributed by atoms with E-state index >= 15 is 0 Å². The van der Waals surface area contributed by atoms with Gasteiger partial charge in [-0.3, -0.25) is 4.79 Å². The lowest BCUT2D eigenvalue weighted by atomic mass is 9.95. The highest BCUT2D eigenvalue weighted by Crippen LogP contribution is 2.51. The van der Waals surface area contributed by atoms with Gasteiger partial charge in [-0.05, 0) is 42.7 Å². The normalized spacial score (nSPS) is 15.3. The van der Waals surface area contributed by atoms with E-state index in [1.807, 2.05) is 4.72 Å². The highest BCUT2D eigenvalue weighted by atomic mass is 35.5.